The van der Waals surface area contributed by atoms with Gasteiger partial charge in [-0.15, -0.1) is 11.3 Å². The molecular weight excluding hydrogens is 388 g/mol. The summed E-state index contributed by atoms with van der Waals surface area (Å²) in [7, 11) is 0. The maximum absolute atomic E-state index is 12.7. The third-order valence-electron chi connectivity index (χ3n) is 5.82. The van der Waals surface area contributed by atoms with Gasteiger partial charge in [0.25, 0.3) is 0 Å². The molecule has 0 saturated carbocycles. The van der Waals surface area contributed by atoms with E-state index in [1.165, 1.54) is 0 Å². The van der Waals surface area contributed by atoms with Crippen molar-refractivity contribution in [3.63, 3.8) is 0 Å². The zero-order valence-corrected chi connectivity index (χ0v) is 17.6. The highest BCUT2D eigenvalue weighted by Crippen LogP contribution is 2.27. The molecule has 0 aromatic carbocycles. The van der Waals surface area contributed by atoms with E-state index >= 15 is 0 Å². The van der Waals surface area contributed by atoms with Gasteiger partial charge in [0.15, 0.2) is 0 Å². The first-order chi connectivity index (χ1) is 14.2. The van der Waals surface area contributed by atoms with Crippen LogP contribution in [-0.2, 0) is 16.1 Å². The Morgan fingerprint density at radius 2 is 2.14 bits per heavy atom. The van der Waals surface area contributed by atoms with E-state index in [1.54, 1.807) is 16.0 Å². The van der Waals surface area contributed by atoms with Crippen LogP contribution in [0.5, 0.6) is 0 Å². The molecule has 1 unspecified atom stereocenters. The lowest BCUT2D eigenvalue weighted by Crippen LogP contribution is -2.50. The number of carbonyl (C=O) groups excluding carboxylic acids is 2. The van der Waals surface area contributed by atoms with E-state index in [0.717, 1.165) is 42.7 Å². The number of hydrogen-bond acceptors (Lipinski definition) is 5. The molecule has 7 nitrogen and oxygen atoms in total. The number of amides is 2. The van der Waals surface area contributed by atoms with Gasteiger partial charge in [-0.25, -0.2) is 4.79 Å². The third-order valence-corrected chi connectivity index (χ3v) is 6.71. The molecule has 2 aliphatic rings. The fourth-order valence-corrected chi connectivity index (χ4v) is 4.91. The van der Waals surface area contributed by atoms with Crippen molar-refractivity contribution in [2.75, 3.05) is 19.7 Å². The molecule has 8 heteroatoms. The van der Waals surface area contributed by atoms with E-state index in [0.29, 0.717) is 19.7 Å². The van der Waals surface area contributed by atoms with E-state index in [1.807, 2.05) is 39.6 Å². The SMILES string of the molecule is CCCCC1COC(=O)N1C1CCN(C(=O)Cn2ccc(-c3cccs3)n2)CC1. The fourth-order valence-electron chi connectivity index (χ4n) is 4.22. The van der Waals surface area contributed by atoms with Gasteiger partial charge in [0.05, 0.1) is 10.9 Å². The molecule has 4 rings (SSSR count). The first-order valence-electron chi connectivity index (χ1n) is 10.5. The van der Waals surface area contributed by atoms with Gasteiger partial charge < -0.3 is 9.64 Å². The molecule has 4 heterocycles. The van der Waals surface area contributed by atoms with E-state index in [9.17, 15) is 9.59 Å². The lowest BCUT2D eigenvalue weighted by atomic mass is 10.00. The van der Waals surface area contributed by atoms with E-state index < -0.39 is 0 Å². The van der Waals surface area contributed by atoms with Gasteiger partial charge in [-0.05, 0) is 36.8 Å². The predicted molar refractivity (Wildman–Crippen MR) is 112 cm³/mol. The van der Waals surface area contributed by atoms with Crippen LogP contribution < -0.4 is 0 Å². The van der Waals surface area contributed by atoms with E-state index in [-0.39, 0.29) is 30.6 Å². The topological polar surface area (TPSA) is 67.7 Å². The number of nitrogens with zero attached hydrogens (tertiary/aromatic N) is 4. The first kappa shape index (κ1) is 19.9. The van der Waals surface area contributed by atoms with Crippen LogP contribution in [-0.4, -0.2) is 63.4 Å². The molecule has 1 atom stereocenters. The van der Waals surface area contributed by atoms with Crippen LogP contribution in [0.3, 0.4) is 0 Å². The van der Waals surface area contributed by atoms with Gasteiger partial charge >= 0.3 is 6.09 Å². The van der Waals surface area contributed by atoms with Gasteiger partial charge in [-0.2, -0.15) is 5.10 Å². The third kappa shape index (κ3) is 4.47. The lowest BCUT2D eigenvalue weighted by Gasteiger charge is -2.37. The maximum Gasteiger partial charge on any atom is 0.410 e. The lowest BCUT2D eigenvalue weighted by molar-refractivity contribution is -0.133. The zero-order chi connectivity index (χ0) is 20.2. The van der Waals surface area contributed by atoms with Gasteiger partial charge in [-0.3, -0.25) is 14.4 Å². The summed E-state index contributed by atoms with van der Waals surface area (Å²) in [5.41, 5.74) is 0.900. The number of likely N-dealkylation sites (tertiary alicyclic amines) is 1. The minimum Gasteiger partial charge on any atom is -0.447 e. The molecule has 2 fully saturated rings. The van der Waals surface area contributed by atoms with Crippen LogP contribution in [0.25, 0.3) is 10.6 Å². The van der Waals surface area contributed by atoms with Gasteiger partial charge in [-0.1, -0.05) is 25.8 Å². The van der Waals surface area contributed by atoms with Crippen molar-refractivity contribution in [3.05, 3.63) is 29.8 Å². The van der Waals surface area contributed by atoms with Crippen molar-refractivity contribution in [3.8, 4) is 10.6 Å². The number of rotatable bonds is 7. The second kappa shape index (κ2) is 8.98. The van der Waals surface area contributed by atoms with Crippen LogP contribution in [0.4, 0.5) is 4.79 Å². The summed E-state index contributed by atoms with van der Waals surface area (Å²) >= 11 is 1.64. The summed E-state index contributed by atoms with van der Waals surface area (Å²) in [6, 6.07) is 6.33. The Kier molecular flexibility index (Phi) is 6.18. The first-order valence-corrected chi connectivity index (χ1v) is 11.3. The van der Waals surface area contributed by atoms with Gasteiger partial charge in [0.2, 0.25) is 5.91 Å². The van der Waals surface area contributed by atoms with Crippen LogP contribution in [0, 0.1) is 0 Å². The predicted octanol–water partition coefficient (Wildman–Crippen LogP) is 3.61. The highest BCUT2D eigenvalue weighted by molar-refractivity contribution is 7.13. The van der Waals surface area contributed by atoms with Crippen LogP contribution in [0.15, 0.2) is 29.8 Å². The molecule has 0 aliphatic carbocycles. The largest absolute Gasteiger partial charge is 0.447 e. The normalized spacial score (nSPS) is 20.3. The molecule has 0 N–H and O–H groups in total. The monoisotopic (exact) mass is 416 g/mol. The Morgan fingerprint density at radius 1 is 1.31 bits per heavy atom. The standard InChI is InChI=1S/C21H28N4O3S/c1-2-3-5-17-15-28-21(27)25(17)16-7-10-23(11-8-16)20(26)14-24-12-9-18(22-24)19-6-4-13-29-19/h4,6,9,12-13,16-17H,2-3,5,7-8,10-11,14-15H2,1H3. The average molecular weight is 417 g/mol. The summed E-state index contributed by atoms with van der Waals surface area (Å²) in [4.78, 5) is 29.9. The number of ether oxygens (including phenoxy) is 1. The molecule has 156 valence electrons. The quantitative estimate of drug-likeness (QED) is 0.691. The van der Waals surface area contributed by atoms with Crippen molar-refractivity contribution in [1.82, 2.24) is 19.6 Å². The molecule has 0 bridgehead atoms. The highest BCUT2D eigenvalue weighted by Gasteiger charge is 2.39. The Morgan fingerprint density at radius 3 is 2.86 bits per heavy atom. The van der Waals surface area contributed by atoms with Crippen molar-refractivity contribution in [2.24, 2.45) is 0 Å². The van der Waals surface area contributed by atoms with Crippen molar-refractivity contribution >= 4 is 23.3 Å². The Hall–Kier alpha value is -2.35. The summed E-state index contributed by atoms with van der Waals surface area (Å²) in [5, 5.41) is 6.54. The summed E-state index contributed by atoms with van der Waals surface area (Å²) in [6.07, 6.45) is 6.51. The number of carbonyl (C=O) groups is 2. The second-order valence-corrected chi connectivity index (χ2v) is 8.72. The second-order valence-electron chi connectivity index (χ2n) is 7.77. The number of piperidine rings is 1. The molecule has 2 aliphatic heterocycles. The van der Waals surface area contributed by atoms with Crippen molar-refractivity contribution in [2.45, 2.75) is 57.7 Å². The minimum absolute atomic E-state index is 0.0795. The smallest absolute Gasteiger partial charge is 0.410 e. The molecule has 2 aromatic rings. The number of aromatic nitrogens is 2. The van der Waals surface area contributed by atoms with Crippen LogP contribution >= 0.6 is 11.3 Å². The zero-order valence-electron chi connectivity index (χ0n) is 16.8. The van der Waals surface area contributed by atoms with Gasteiger partial charge in [0, 0.05) is 25.3 Å². The molecule has 2 amide bonds. The van der Waals surface area contributed by atoms with E-state index in [4.69, 9.17) is 4.74 Å². The molecule has 0 radical (unpaired) electrons. The molecule has 0 spiro atoms. The Balaban J connectivity index is 1.30. The number of thiophene rings is 1. The van der Waals surface area contributed by atoms with Crippen LogP contribution in [0.1, 0.15) is 39.0 Å². The van der Waals surface area contributed by atoms with Crippen molar-refractivity contribution in [1.29, 1.82) is 0 Å². The Labute approximate surface area is 175 Å². The number of hydrogen-bond donors (Lipinski definition) is 0. The number of cyclic esters (lactones) is 1. The molecule has 2 saturated heterocycles. The molecular formula is C21H28N4O3S. The maximum atomic E-state index is 12.7. The van der Waals surface area contributed by atoms with Crippen molar-refractivity contribution < 1.29 is 14.3 Å². The Bertz CT molecular complexity index is 827. The summed E-state index contributed by atoms with van der Waals surface area (Å²) < 4.78 is 7.02. The van der Waals surface area contributed by atoms with Crippen LogP contribution in [0.2, 0.25) is 0 Å². The van der Waals surface area contributed by atoms with Gasteiger partial charge in [0.1, 0.15) is 18.8 Å². The highest BCUT2D eigenvalue weighted by atomic mass is 32.1. The minimum atomic E-state index is -0.187. The van der Waals surface area contributed by atoms with E-state index in [2.05, 4.69) is 12.0 Å². The average Bonchev–Trinajstić information content (AvgIpc) is 3.47. The molecule has 2 aromatic heterocycles. The fraction of sp³-hybridized carbons (Fsp3) is 0.571. The summed E-state index contributed by atoms with van der Waals surface area (Å²) in [6.45, 7) is 4.26. The molecule has 29 heavy (non-hydrogen) atoms. The summed E-state index contributed by atoms with van der Waals surface area (Å²) in [5.74, 6) is 0.0795. The number of unbranched alkanes of at least 4 members (excludes halogenated alkanes) is 1.